The standard InChI is InChI=1S/C16H21N3O3S/c1-11-4-6-13(7-5-11)23-12(2)16(20)17-10-15-18-14(19-22-15)8-9-21-3/h4-7,12H,8-10H2,1-3H3,(H,17,20). The summed E-state index contributed by atoms with van der Waals surface area (Å²) in [6.45, 7) is 4.68. The molecule has 1 amide bonds. The lowest BCUT2D eigenvalue weighted by molar-refractivity contribution is -0.120. The van der Waals surface area contributed by atoms with Gasteiger partial charge in [0.1, 0.15) is 0 Å². The molecule has 23 heavy (non-hydrogen) atoms. The molecule has 1 heterocycles. The van der Waals surface area contributed by atoms with Crippen molar-refractivity contribution in [1.82, 2.24) is 15.5 Å². The Labute approximate surface area is 140 Å². The minimum Gasteiger partial charge on any atom is -0.384 e. The molecule has 0 aliphatic heterocycles. The second-order valence-electron chi connectivity index (χ2n) is 5.14. The average Bonchev–Trinajstić information content (AvgIpc) is 3.00. The summed E-state index contributed by atoms with van der Waals surface area (Å²) in [6, 6.07) is 8.10. The highest BCUT2D eigenvalue weighted by molar-refractivity contribution is 8.00. The van der Waals surface area contributed by atoms with Crippen LogP contribution < -0.4 is 5.32 Å². The number of benzene rings is 1. The number of thioether (sulfide) groups is 1. The highest BCUT2D eigenvalue weighted by atomic mass is 32.2. The van der Waals surface area contributed by atoms with Crippen molar-refractivity contribution in [2.45, 2.75) is 37.0 Å². The number of hydrogen-bond acceptors (Lipinski definition) is 6. The van der Waals surface area contributed by atoms with Crippen LogP contribution >= 0.6 is 11.8 Å². The van der Waals surface area contributed by atoms with E-state index in [9.17, 15) is 4.79 Å². The van der Waals surface area contributed by atoms with Crippen LogP contribution in [0.15, 0.2) is 33.7 Å². The van der Waals surface area contributed by atoms with Crippen LogP contribution in [0.4, 0.5) is 0 Å². The maximum atomic E-state index is 12.1. The molecule has 6 nitrogen and oxygen atoms in total. The number of methoxy groups -OCH3 is 1. The molecule has 1 aromatic carbocycles. The Morgan fingerprint density at radius 3 is 2.83 bits per heavy atom. The Balaban J connectivity index is 1.79. The molecular weight excluding hydrogens is 314 g/mol. The van der Waals surface area contributed by atoms with Crippen molar-refractivity contribution in [1.29, 1.82) is 0 Å². The van der Waals surface area contributed by atoms with Gasteiger partial charge in [-0.15, -0.1) is 11.8 Å². The molecule has 0 spiro atoms. The van der Waals surface area contributed by atoms with E-state index in [1.54, 1.807) is 7.11 Å². The Morgan fingerprint density at radius 1 is 1.39 bits per heavy atom. The van der Waals surface area contributed by atoms with E-state index in [4.69, 9.17) is 9.26 Å². The topological polar surface area (TPSA) is 77.3 Å². The van der Waals surface area contributed by atoms with E-state index >= 15 is 0 Å². The Bertz CT molecular complexity index is 628. The number of nitrogens with one attached hydrogen (secondary N) is 1. The smallest absolute Gasteiger partial charge is 0.246 e. The van der Waals surface area contributed by atoms with Gasteiger partial charge < -0.3 is 14.6 Å². The largest absolute Gasteiger partial charge is 0.384 e. The van der Waals surface area contributed by atoms with Crippen molar-refractivity contribution < 1.29 is 14.1 Å². The first-order valence-electron chi connectivity index (χ1n) is 7.40. The number of aryl methyl sites for hydroxylation is 1. The molecule has 0 bridgehead atoms. The van der Waals surface area contributed by atoms with E-state index in [-0.39, 0.29) is 17.7 Å². The lowest BCUT2D eigenvalue weighted by atomic mass is 10.2. The van der Waals surface area contributed by atoms with Crippen LogP contribution in [0.5, 0.6) is 0 Å². The first-order chi connectivity index (χ1) is 11.1. The Kier molecular flexibility index (Phi) is 6.61. The molecule has 0 fully saturated rings. The van der Waals surface area contributed by atoms with Crippen molar-refractivity contribution in [3.8, 4) is 0 Å². The summed E-state index contributed by atoms with van der Waals surface area (Å²) in [4.78, 5) is 17.4. The molecule has 124 valence electrons. The van der Waals surface area contributed by atoms with E-state index in [2.05, 4.69) is 15.5 Å². The predicted molar refractivity (Wildman–Crippen MR) is 88.2 cm³/mol. The second kappa shape index (κ2) is 8.69. The number of amides is 1. The summed E-state index contributed by atoms with van der Waals surface area (Å²) in [5.74, 6) is 0.919. The number of carbonyl (C=O) groups excluding carboxylic acids is 1. The van der Waals surface area contributed by atoms with Gasteiger partial charge in [0.25, 0.3) is 0 Å². The highest BCUT2D eigenvalue weighted by Crippen LogP contribution is 2.23. The number of rotatable bonds is 8. The summed E-state index contributed by atoms with van der Waals surface area (Å²) in [5.41, 5.74) is 1.20. The van der Waals surface area contributed by atoms with Gasteiger partial charge in [0, 0.05) is 18.4 Å². The third kappa shape index (κ3) is 5.69. The monoisotopic (exact) mass is 335 g/mol. The van der Waals surface area contributed by atoms with Gasteiger partial charge >= 0.3 is 0 Å². The van der Waals surface area contributed by atoms with Gasteiger partial charge in [-0.2, -0.15) is 4.98 Å². The van der Waals surface area contributed by atoms with Crippen molar-refractivity contribution in [3.63, 3.8) is 0 Å². The first kappa shape index (κ1) is 17.5. The zero-order chi connectivity index (χ0) is 16.7. The van der Waals surface area contributed by atoms with E-state index in [0.717, 1.165) is 4.90 Å². The summed E-state index contributed by atoms with van der Waals surface area (Å²) in [7, 11) is 1.62. The summed E-state index contributed by atoms with van der Waals surface area (Å²) < 4.78 is 10.0. The number of carbonyl (C=O) groups is 1. The van der Waals surface area contributed by atoms with Gasteiger partial charge in [-0.3, -0.25) is 4.79 Å². The van der Waals surface area contributed by atoms with Gasteiger partial charge in [0.15, 0.2) is 5.82 Å². The van der Waals surface area contributed by atoms with E-state index in [1.807, 2.05) is 38.1 Å². The van der Waals surface area contributed by atoms with Crippen LogP contribution in [0.25, 0.3) is 0 Å². The quantitative estimate of drug-likeness (QED) is 0.746. The molecule has 0 aliphatic carbocycles. The van der Waals surface area contributed by atoms with Crippen LogP contribution in [-0.2, 0) is 22.5 Å². The zero-order valence-electron chi connectivity index (χ0n) is 13.5. The molecule has 0 radical (unpaired) electrons. The van der Waals surface area contributed by atoms with E-state index < -0.39 is 0 Å². The van der Waals surface area contributed by atoms with Gasteiger partial charge in [0.2, 0.25) is 11.8 Å². The molecule has 2 rings (SSSR count). The molecule has 1 N–H and O–H groups in total. The first-order valence-corrected chi connectivity index (χ1v) is 8.28. The minimum atomic E-state index is -0.200. The van der Waals surface area contributed by atoms with Crippen LogP contribution in [-0.4, -0.2) is 35.0 Å². The van der Waals surface area contributed by atoms with Gasteiger partial charge in [-0.25, -0.2) is 0 Å². The maximum absolute atomic E-state index is 12.1. The molecule has 0 saturated heterocycles. The van der Waals surface area contributed by atoms with Crippen LogP contribution in [0, 0.1) is 6.92 Å². The fraction of sp³-hybridized carbons (Fsp3) is 0.438. The van der Waals surface area contributed by atoms with Crippen molar-refractivity contribution in [2.24, 2.45) is 0 Å². The maximum Gasteiger partial charge on any atom is 0.246 e. The number of aromatic nitrogens is 2. The van der Waals surface area contributed by atoms with Crippen LogP contribution in [0.2, 0.25) is 0 Å². The van der Waals surface area contributed by atoms with Crippen LogP contribution in [0.3, 0.4) is 0 Å². The summed E-state index contributed by atoms with van der Waals surface area (Å²) in [6.07, 6.45) is 0.591. The van der Waals surface area contributed by atoms with Gasteiger partial charge in [0.05, 0.1) is 18.4 Å². The molecular formula is C16H21N3O3S. The number of nitrogens with zero attached hydrogens (tertiary/aromatic N) is 2. The Hall–Kier alpha value is -1.86. The predicted octanol–water partition coefficient (Wildman–Crippen LogP) is 2.36. The number of ether oxygens (including phenoxy) is 1. The normalized spacial score (nSPS) is 12.1. The lowest BCUT2D eigenvalue weighted by Gasteiger charge is -2.10. The SMILES string of the molecule is COCCc1noc(CNC(=O)C(C)Sc2ccc(C)cc2)n1. The second-order valence-corrected chi connectivity index (χ2v) is 6.55. The third-order valence-electron chi connectivity index (χ3n) is 3.16. The fourth-order valence-electron chi connectivity index (χ4n) is 1.84. The molecule has 7 heteroatoms. The minimum absolute atomic E-state index is 0.0628. The van der Waals surface area contributed by atoms with Gasteiger partial charge in [-0.05, 0) is 26.0 Å². The molecule has 0 saturated carbocycles. The zero-order valence-corrected chi connectivity index (χ0v) is 14.4. The third-order valence-corrected chi connectivity index (χ3v) is 4.27. The van der Waals surface area contributed by atoms with Crippen LogP contribution in [0.1, 0.15) is 24.2 Å². The molecule has 1 atom stereocenters. The number of hydrogen-bond donors (Lipinski definition) is 1. The molecule has 1 unspecified atom stereocenters. The Morgan fingerprint density at radius 2 is 2.13 bits per heavy atom. The lowest BCUT2D eigenvalue weighted by Crippen LogP contribution is -2.30. The summed E-state index contributed by atoms with van der Waals surface area (Å²) in [5, 5.41) is 6.44. The van der Waals surface area contributed by atoms with Crippen molar-refractivity contribution >= 4 is 17.7 Å². The van der Waals surface area contributed by atoms with Crippen molar-refractivity contribution in [2.75, 3.05) is 13.7 Å². The fourth-order valence-corrected chi connectivity index (χ4v) is 2.73. The molecule has 0 aliphatic rings. The molecule has 1 aromatic heterocycles. The average molecular weight is 335 g/mol. The van der Waals surface area contributed by atoms with E-state index in [1.165, 1.54) is 17.3 Å². The van der Waals surface area contributed by atoms with Gasteiger partial charge in [-0.1, -0.05) is 22.9 Å². The highest BCUT2D eigenvalue weighted by Gasteiger charge is 2.15. The molecule has 2 aromatic rings. The van der Waals surface area contributed by atoms with Crippen molar-refractivity contribution in [3.05, 3.63) is 41.5 Å². The summed E-state index contributed by atoms with van der Waals surface area (Å²) >= 11 is 1.52. The van der Waals surface area contributed by atoms with E-state index in [0.29, 0.717) is 24.7 Å².